The molecule has 1 unspecified atom stereocenters. The molecule has 7 heteroatoms. The molecular weight excluding hydrogens is 267 g/mol. The van der Waals surface area contributed by atoms with E-state index in [4.69, 9.17) is 4.74 Å². The molecule has 6 nitrogen and oxygen atoms in total. The van der Waals surface area contributed by atoms with E-state index < -0.39 is 10.7 Å². The highest BCUT2D eigenvalue weighted by Crippen LogP contribution is 2.22. The van der Waals surface area contributed by atoms with Crippen molar-refractivity contribution in [3.63, 3.8) is 0 Å². The largest absolute Gasteiger partial charge is 0.481 e. The van der Waals surface area contributed by atoms with Gasteiger partial charge >= 0.3 is 0 Å². The smallest absolute Gasteiger partial charge is 0.272 e. The molecule has 1 N–H and O–H groups in total. The second-order valence-electron chi connectivity index (χ2n) is 4.76. The third kappa shape index (κ3) is 4.49. The first kappa shape index (κ1) is 15.9. The predicted molar refractivity (Wildman–Crippen MR) is 71.0 cm³/mol. The van der Waals surface area contributed by atoms with Gasteiger partial charge in [0.1, 0.15) is 0 Å². The fourth-order valence-corrected chi connectivity index (χ4v) is 1.33. The zero-order valence-corrected chi connectivity index (χ0v) is 11.6. The first-order valence-corrected chi connectivity index (χ1v) is 6.17. The van der Waals surface area contributed by atoms with Gasteiger partial charge in [0.25, 0.3) is 11.6 Å². The standard InChI is InChI=1S/C13H17FN2O4/c1-8(2)9(3)15-13(17)7-20-12-5-4-10(16(18)19)6-11(12)14/h4-6,8-9H,7H2,1-3H3,(H,15,17). The molecule has 1 atom stereocenters. The van der Waals surface area contributed by atoms with E-state index in [9.17, 15) is 19.3 Å². The summed E-state index contributed by atoms with van der Waals surface area (Å²) in [6, 6.07) is 2.98. The van der Waals surface area contributed by atoms with Gasteiger partial charge in [0.15, 0.2) is 18.2 Å². The number of halogens is 1. The number of ether oxygens (including phenoxy) is 1. The lowest BCUT2D eigenvalue weighted by molar-refractivity contribution is -0.385. The molecule has 0 saturated carbocycles. The Morgan fingerprint density at radius 3 is 2.60 bits per heavy atom. The molecule has 20 heavy (non-hydrogen) atoms. The van der Waals surface area contributed by atoms with Crippen LogP contribution in [0.3, 0.4) is 0 Å². The Bertz CT molecular complexity index is 505. The number of benzene rings is 1. The van der Waals surface area contributed by atoms with Crippen molar-refractivity contribution >= 4 is 11.6 Å². The summed E-state index contributed by atoms with van der Waals surface area (Å²) in [5.74, 6) is -1.16. The van der Waals surface area contributed by atoms with Crippen LogP contribution in [0, 0.1) is 21.8 Å². The average Bonchev–Trinajstić information content (AvgIpc) is 2.36. The minimum absolute atomic E-state index is 0.0205. The van der Waals surface area contributed by atoms with E-state index in [1.165, 1.54) is 0 Å². The third-order valence-corrected chi connectivity index (χ3v) is 2.87. The second kappa shape index (κ2) is 6.83. The van der Waals surface area contributed by atoms with Gasteiger partial charge in [0.05, 0.1) is 11.0 Å². The summed E-state index contributed by atoms with van der Waals surface area (Å²) in [7, 11) is 0. The number of non-ortho nitro benzene ring substituents is 1. The van der Waals surface area contributed by atoms with Crippen LogP contribution in [0.25, 0.3) is 0 Å². The van der Waals surface area contributed by atoms with Crippen LogP contribution in [0.4, 0.5) is 10.1 Å². The van der Waals surface area contributed by atoms with E-state index in [1.807, 2.05) is 20.8 Å². The maximum absolute atomic E-state index is 13.5. The van der Waals surface area contributed by atoms with Crippen LogP contribution in [0.5, 0.6) is 5.75 Å². The summed E-state index contributed by atoms with van der Waals surface area (Å²) in [6.07, 6.45) is 0. The molecule has 0 spiro atoms. The second-order valence-corrected chi connectivity index (χ2v) is 4.76. The highest BCUT2D eigenvalue weighted by Gasteiger charge is 2.14. The van der Waals surface area contributed by atoms with Crippen LogP contribution >= 0.6 is 0 Å². The maximum Gasteiger partial charge on any atom is 0.272 e. The summed E-state index contributed by atoms with van der Waals surface area (Å²) < 4.78 is 18.5. The Morgan fingerprint density at radius 1 is 1.45 bits per heavy atom. The summed E-state index contributed by atoms with van der Waals surface area (Å²) >= 11 is 0. The summed E-state index contributed by atoms with van der Waals surface area (Å²) in [5.41, 5.74) is -0.368. The van der Waals surface area contributed by atoms with E-state index in [0.717, 1.165) is 18.2 Å². The Kier molecular flexibility index (Phi) is 5.42. The Hall–Kier alpha value is -2.18. The number of hydrogen-bond donors (Lipinski definition) is 1. The molecule has 0 bridgehead atoms. The Balaban J connectivity index is 2.58. The predicted octanol–water partition coefficient (Wildman–Crippen LogP) is 2.27. The molecule has 0 radical (unpaired) electrons. The molecule has 0 aromatic heterocycles. The van der Waals surface area contributed by atoms with Gasteiger partial charge in [-0.05, 0) is 18.9 Å². The first-order valence-electron chi connectivity index (χ1n) is 6.17. The van der Waals surface area contributed by atoms with Crippen molar-refractivity contribution in [2.75, 3.05) is 6.61 Å². The van der Waals surface area contributed by atoms with Crippen molar-refractivity contribution in [2.45, 2.75) is 26.8 Å². The van der Waals surface area contributed by atoms with E-state index in [0.29, 0.717) is 0 Å². The molecule has 0 fully saturated rings. The average molecular weight is 284 g/mol. The van der Waals surface area contributed by atoms with Gasteiger partial charge in [-0.3, -0.25) is 14.9 Å². The number of nitrogens with zero attached hydrogens (tertiary/aromatic N) is 1. The fourth-order valence-electron chi connectivity index (χ4n) is 1.33. The lowest BCUT2D eigenvalue weighted by Crippen LogP contribution is -2.39. The summed E-state index contributed by atoms with van der Waals surface area (Å²) in [6.45, 7) is 5.43. The van der Waals surface area contributed by atoms with Crippen molar-refractivity contribution in [3.05, 3.63) is 34.1 Å². The van der Waals surface area contributed by atoms with Crippen molar-refractivity contribution in [1.29, 1.82) is 0 Å². The normalized spacial score (nSPS) is 12.1. The van der Waals surface area contributed by atoms with Gasteiger partial charge in [0, 0.05) is 12.1 Å². The Labute approximate surface area is 116 Å². The number of nitro groups is 1. The van der Waals surface area contributed by atoms with Crippen LogP contribution in [-0.2, 0) is 4.79 Å². The number of rotatable bonds is 6. The van der Waals surface area contributed by atoms with Gasteiger partial charge in [-0.1, -0.05) is 13.8 Å². The third-order valence-electron chi connectivity index (χ3n) is 2.87. The molecule has 0 saturated heterocycles. The molecule has 1 aromatic carbocycles. The first-order chi connectivity index (χ1) is 9.31. The Morgan fingerprint density at radius 2 is 2.10 bits per heavy atom. The molecule has 1 aromatic rings. The van der Waals surface area contributed by atoms with Gasteiger partial charge in [-0.25, -0.2) is 4.39 Å². The number of amides is 1. The van der Waals surface area contributed by atoms with Crippen molar-refractivity contribution < 1.29 is 18.8 Å². The fraction of sp³-hybridized carbons (Fsp3) is 0.462. The number of carbonyl (C=O) groups is 1. The monoisotopic (exact) mass is 284 g/mol. The number of nitrogens with one attached hydrogen (secondary N) is 1. The van der Waals surface area contributed by atoms with Crippen LogP contribution < -0.4 is 10.1 Å². The van der Waals surface area contributed by atoms with Crippen molar-refractivity contribution in [3.8, 4) is 5.75 Å². The van der Waals surface area contributed by atoms with Crippen molar-refractivity contribution in [2.24, 2.45) is 5.92 Å². The van der Waals surface area contributed by atoms with Gasteiger partial charge in [-0.15, -0.1) is 0 Å². The summed E-state index contributed by atoms with van der Waals surface area (Å²) in [5, 5.41) is 13.2. The van der Waals surface area contributed by atoms with Crippen molar-refractivity contribution in [1.82, 2.24) is 5.32 Å². The van der Waals surface area contributed by atoms with Gasteiger partial charge in [-0.2, -0.15) is 0 Å². The van der Waals surface area contributed by atoms with E-state index in [-0.39, 0.29) is 35.9 Å². The topological polar surface area (TPSA) is 81.5 Å². The molecule has 1 rings (SSSR count). The molecule has 0 aliphatic carbocycles. The van der Waals surface area contributed by atoms with Gasteiger partial charge < -0.3 is 10.1 Å². The molecular formula is C13H17FN2O4. The number of nitro benzene ring substituents is 1. The SMILES string of the molecule is CC(C)C(C)NC(=O)COc1ccc([N+](=O)[O-])cc1F. The maximum atomic E-state index is 13.5. The summed E-state index contributed by atoms with van der Waals surface area (Å²) in [4.78, 5) is 21.3. The molecule has 1 amide bonds. The van der Waals surface area contributed by atoms with Crippen LogP contribution in [0.15, 0.2) is 18.2 Å². The van der Waals surface area contributed by atoms with E-state index in [1.54, 1.807) is 0 Å². The van der Waals surface area contributed by atoms with Crippen LogP contribution in [0.1, 0.15) is 20.8 Å². The lowest BCUT2D eigenvalue weighted by atomic mass is 10.1. The quantitative estimate of drug-likeness (QED) is 0.641. The molecule has 0 aliphatic rings. The molecule has 0 aliphatic heterocycles. The zero-order valence-electron chi connectivity index (χ0n) is 11.6. The number of hydrogen-bond acceptors (Lipinski definition) is 4. The lowest BCUT2D eigenvalue weighted by Gasteiger charge is -2.17. The van der Waals surface area contributed by atoms with Crippen LogP contribution in [0.2, 0.25) is 0 Å². The highest BCUT2D eigenvalue weighted by molar-refractivity contribution is 5.77. The van der Waals surface area contributed by atoms with E-state index in [2.05, 4.69) is 5.32 Å². The van der Waals surface area contributed by atoms with Gasteiger partial charge in [0.2, 0.25) is 0 Å². The minimum Gasteiger partial charge on any atom is -0.481 e. The molecule has 110 valence electrons. The number of carbonyl (C=O) groups excluding carboxylic acids is 1. The van der Waals surface area contributed by atoms with Crippen LogP contribution in [-0.4, -0.2) is 23.5 Å². The van der Waals surface area contributed by atoms with E-state index >= 15 is 0 Å². The highest BCUT2D eigenvalue weighted by atomic mass is 19.1. The minimum atomic E-state index is -0.871. The molecule has 0 heterocycles. The zero-order chi connectivity index (χ0) is 15.3.